The zero-order valence-electron chi connectivity index (χ0n) is 12.3. The minimum absolute atomic E-state index is 0.0908. The Hall–Kier alpha value is -2.02. The maximum Gasteiger partial charge on any atom is 0.259 e. The molecule has 0 unspecified atom stereocenters. The van der Waals surface area contributed by atoms with Crippen molar-refractivity contribution < 1.29 is 4.74 Å². The van der Waals surface area contributed by atoms with Crippen LogP contribution < -0.4 is 10.9 Å². The molecule has 3 rings (SSSR count). The van der Waals surface area contributed by atoms with E-state index >= 15 is 0 Å². The van der Waals surface area contributed by atoms with Crippen LogP contribution in [-0.2, 0) is 11.3 Å². The Morgan fingerprint density at radius 3 is 2.91 bits per heavy atom. The highest BCUT2D eigenvalue weighted by atomic mass is 32.1. The molecule has 1 aromatic carbocycles. The molecular weight excluding hydrogens is 298 g/mol. The molecule has 0 radical (unpaired) electrons. The lowest BCUT2D eigenvalue weighted by Crippen LogP contribution is -2.22. The van der Waals surface area contributed by atoms with Crippen LogP contribution in [0.1, 0.15) is 5.82 Å². The van der Waals surface area contributed by atoms with E-state index in [0.29, 0.717) is 24.4 Å². The van der Waals surface area contributed by atoms with Gasteiger partial charge in [0.1, 0.15) is 10.7 Å². The minimum atomic E-state index is -0.0908. The molecular formula is C16H17N3O2S. The third-order valence-electron chi connectivity index (χ3n) is 3.29. The van der Waals surface area contributed by atoms with E-state index in [1.54, 1.807) is 7.11 Å². The number of hydrogen-bond donors (Lipinski definition) is 2. The van der Waals surface area contributed by atoms with Gasteiger partial charge >= 0.3 is 0 Å². The molecule has 0 amide bonds. The Morgan fingerprint density at radius 2 is 2.14 bits per heavy atom. The second-order valence-electron chi connectivity index (χ2n) is 4.88. The van der Waals surface area contributed by atoms with Crippen LogP contribution in [-0.4, -0.2) is 30.2 Å². The summed E-state index contributed by atoms with van der Waals surface area (Å²) in [6.45, 7) is 1.87. The van der Waals surface area contributed by atoms with Crippen molar-refractivity contribution in [3.8, 4) is 10.4 Å². The Labute approximate surface area is 132 Å². The molecule has 3 aromatic rings. The zero-order chi connectivity index (χ0) is 15.4. The molecule has 22 heavy (non-hydrogen) atoms. The van der Waals surface area contributed by atoms with Gasteiger partial charge in [-0.05, 0) is 11.6 Å². The second kappa shape index (κ2) is 6.83. The maximum absolute atomic E-state index is 12.2. The lowest BCUT2D eigenvalue weighted by Gasteiger charge is -2.03. The number of nitrogens with one attached hydrogen (secondary N) is 2. The van der Waals surface area contributed by atoms with E-state index < -0.39 is 0 Å². The van der Waals surface area contributed by atoms with Gasteiger partial charge in [0.25, 0.3) is 5.56 Å². The largest absolute Gasteiger partial charge is 0.383 e. The summed E-state index contributed by atoms with van der Waals surface area (Å²) in [5, 5.41) is 3.82. The van der Waals surface area contributed by atoms with Crippen molar-refractivity contribution in [2.75, 3.05) is 20.3 Å². The molecule has 2 N–H and O–H groups in total. The van der Waals surface area contributed by atoms with Gasteiger partial charge in [-0.25, -0.2) is 4.98 Å². The highest BCUT2D eigenvalue weighted by molar-refractivity contribution is 7.21. The molecule has 0 bridgehead atoms. The van der Waals surface area contributed by atoms with Crippen molar-refractivity contribution in [2.45, 2.75) is 6.54 Å². The first-order valence-electron chi connectivity index (χ1n) is 7.06. The molecule has 0 spiro atoms. The van der Waals surface area contributed by atoms with Crippen LogP contribution in [0.15, 0.2) is 41.2 Å². The van der Waals surface area contributed by atoms with Gasteiger partial charge in [-0.3, -0.25) is 4.79 Å². The van der Waals surface area contributed by atoms with Crippen LogP contribution in [0.2, 0.25) is 0 Å². The molecule has 2 aromatic heterocycles. The summed E-state index contributed by atoms with van der Waals surface area (Å²) in [6.07, 6.45) is 0. The lowest BCUT2D eigenvalue weighted by atomic mass is 10.2. The number of methoxy groups -OCH3 is 1. The van der Waals surface area contributed by atoms with Gasteiger partial charge in [-0.2, -0.15) is 0 Å². The SMILES string of the molecule is COCCNCc1nc2sc(-c3ccccc3)cc2c(=O)[nH]1. The maximum atomic E-state index is 12.2. The highest BCUT2D eigenvalue weighted by Crippen LogP contribution is 2.30. The Kier molecular flexibility index (Phi) is 4.62. The van der Waals surface area contributed by atoms with Crippen LogP contribution in [0, 0.1) is 0 Å². The molecule has 0 fully saturated rings. The molecule has 0 atom stereocenters. The number of rotatable bonds is 6. The average molecular weight is 315 g/mol. The van der Waals surface area contributed by atoms with Crippen LogP contribution in [0.3, 0.4) is 0 Å². The number of ether oxygens (including phenoxy) is 1. The second-order valence-corrected chi connectivity index (χ2v) is 5.91. The number of thiophene rings is 1. The fourth-order valence-electron chi connectivity index (χ4n) is 2.19. The predicted molar refractivity (Wildman–Crippen MR) is 89.3 cm³/mol. The summed E-state index contributed by atoms with van der Waals surface area (Å²) < 4.78 is 4.97. The fourth-order valence-corrected chi connectivity index (χ4v) is 3.24. The van der Waals surface area contributed by atoms with Crippen LogP contribution >= 0.6 is 11.3 Å². The minimum Gasteiger partial charge on any atom is -0.383 e. The molecule has 0 aliphatic carbocycles. The quantitative estimate of drug-likeness (QED) is 0.685. The first-order valence-corrected chi connectivity index (χ1v) is 7.87. The van der Waals surface area contributed by atoms with Crippen molar-refractivity contribution in [3.63, 3.8) is 0 Å². The van der Waals surface area contributed by atoms with E-state index in [4.69, 9.17) is 4.74 Å². The van der Waals surface area contributed by atoms with Gasteiger partial charge in [0, 0.05) is 18.5 Å². The summed E-state index contributed by atoms with van der Waals surface area (Å²) >= 11 is 1.54. The topological polar surface area (TPSA) is 67.0 Å². The predicted octanol–water partition coefficient (Wildman–Crippen LogP) is 2.39. The molecule has 0 aliphatic rings. The number of H-pyrrole nitrogens is 1. The van der Waals surface area contributed by atoms with Gasteiger partial charge in [0.15, 0.2) is 0 Å². The number of aromatic amines is 1. The number of benzene rings is 1. The molecule has 0 saturated heterocycles. The molecule has 5 nitrogen and oxygen atoms in total. The van der Waals surface area contributed by atoms with E-state index in [9.17, 15) is 4.79 Å². The van der Waals surface area contributed by atoms with E-state index in [0.717, 1.165) is 21.8 Å². The Balaban J connectivity index is 1.88. The van der Waals surface area contributed by atoms with Gasteiger partial charge in [0.2, 0.25) is 0 Å². The summed E-state index contributed by atoms with van der Waals surface area (Å²) in [5.74, 6) is 0.648. The lowest BCUT2D eigenvalue weighted by molar-refractivity contribution is 0.199. The monoisotopic (exact) mass is 315 g/mol. The molecule has 0 aliphatic heterocycles. The number of aromatic nitrogens is 2. The van der Waals surface area contributed by atoms with E-state index in [1.807, 2.05) is 36.4 Å². The van der Waals surface area contributed by atoms with Crippen LogP contribution in [0.4, 0.5) is 0 Å². The van der Waals surface area contributed by atoms with E-state index in [-0.39, 0.29) is 5.56 Å². The van der Waals surface area contributed by atoms with Crippen molar-refractivity contribution >= 4 is 21.6 Å². The van der Waals surface area contributed by atoms with Crippen LogP contribution in [0.25, 0.3) is 20.7 Å². The Bertz CT molecular complexity index is 811. The number of nitrogens with zero attached hydrogens (tertiary/aromatic N) is 1. The van der Waals surface area contributed by atoms with E-state index in [1.165, 1.54) is 11.3 Å². The molecule has 6 heteroatoms. The van der Waals surface area contributed by atoms with Crippen molar-refractivity contribution in [1.82, 2.24) is 15.3 Å². The molecule has 0 saturated carbocycles. The first-order chi connectivity index (χ1) is 10.8. The number of fused-ring (bicyclic) bond motifs is 1. The summed E-state index contributed by atoms with van der Waals surface area (Å²) in [4.78, 5) is 21.4. The van der Waals surface area contributed by atoms with Crippen LogP contribution in [0.5, 0.6) is 0 Å². The molecule has 2 heterocycles. The van der Waals surface area contributed by atoms with Crippen molar-refractivity contribution in [3.05, 3.63) is 52.6 Å². The third kappa shape index (κ3) is 3.24. The smallest absolute Gasteiger partial charge is 0.259 e. The summed E-state index contributed by atoms with van der Waals surface area (Å²) in [7, 11) is 1.66. The highest BCUT2D eigenvalue weighted by Gasteiger charge is 2.10. The van der Waals surface area contributed by atoms with Gasteiger partial charge in [-0.1, -0.05) is 30.3 Å². The zero-order valence-corrected chi connectivity index (χ0v) is 13.1. The summed E-state index contributed by atoms with van der Waals surface area (Å²) in [5.41, 5.74) is 1.01. The number of hydrogen-bond acceptors (Lipinski definition) is 5. The fraction of sp³-hybridized carbons (Fsp3) is 0.250. The van der Waals surface area contributed by atoms with Crippen molar-refractivity contribution in [1.29, 1.82) is 0 Å². The first kappa shape index (κ1) is 14.9. The normalized spacial score (nSPS) is 11.1. The van der Waals surface area contributed by atoms with Gasteiger partial charge in [0.05, 0.1) is 18.5 Å². The Morgan fingerprint density at radius 1 is 1.32 bits per heavy atom. The van der Waals surface area contributed by atoms with E-state index in [2.05, 4.69) is 15.3 Å². The third-order valence-corrected chi connectivity index (χ3v) is 4.36. The van der Waals surface area contributed by atoms with Gasteiger partial charge in [-0.15, -0.1) is 11.3 Å². The molecule has 114 valence electrons. The average Bonchev–Trinajstić information content (AvgIpc) is 2.97. The van der Waals surface area contributed by atoms with Gasteiger partial charge < -0.3 is 15.0 Å². The summed E-state index contributed by atoms with van der Waals surface area (Å²) in [6, 6.07) is 11.9. The standard InChI is InChI=1S/C16H17N3O2S/c1-21-8-7-17-10-14-18-15(20)12-9-13(22-16(12)19-14)11-5-3-2-4-6-11/h2-6,9,17H,7-8,10H2,1H3,(H,18,19,20). The van der Waals surface area contributed by atoms with Crippen molar-refractivity contribution in [2.24, 2.45) is 0 Å².